The van der Waals surface area contributed by atoms with Gasteiger partial charge in [-0.3, -0.25) is 0 Å². The number of carboxylic acids is 2. The van der Waals surface area contributed by atoms with Gasteiger partial charge < -0.3 is 20.2 Å². The maximum absolute atomic E-state index is 9.10. The van der Waals surface area contributed by atoms with Crippen LogP contribution in [-0.4, -0.2) is 40.5 Å². The highest BCUT2D eigenvalue weighted by Crippen LogP contribution is 2.12. The molecule has 1 unspecified atom stereocenters. The van der Waals surface area contributed by atoms with E-state index in [1.54, 1.807) is 7.11 Å². The van der Waals surface area contributed by atoms with Gasteiger partial charge in [0.1, 0.15) is 5.75 Å². The Balaban J connectivity index is 0.000000459. The van der Waals surface area contributed by atoms with Crippen molar-refractivity contribution in [3.05, 3.63) is 29.8 Å². The van der Waals surface area contributed by atoms with Crippen LogP contribution in [0.3, 0.4) is 0 Å². The molecule has 0 heterocycles. The van der Waals surface area contributed by atoms with Crippen molar-refractivity contribution in [2.24, 2.45) is 0 Å². The number of hydroxylamine groups is 1. The van der Waals surface area contributed by atoms with E-state index < -0.39 is 11.9 Å². The molecule has 0 saturated heterocycles. The third-order valence-electron chi connectivity index (χ3n) is 2.10. The zero-order valence-electron chi connectivity index (χ0n) is 10.7. The zero-order valence-corrected chi connectivity index (χ0v) is 10.7. The largest absolute Gasteiger partial charge is 0.497 e. The van der Waals surface area contributed by atoms with Crippen LogP contribution in [0.4, 0.5) is 0 Å². The van der Waals surface area contributed by atoms with Crippen LogP contribution in [0.15, 0.2) is 24.3 Å². The van der Waals surface area contributed by atoms with Crippen molar-refractivity contribution >= 4 is 11.9 Å². The standard InChI is InChI=1S/C10H15NO2.C2H2O4/c1-8(11-12)7-9-3-5-10(13-2)6-4-9;3-1(4)2(5)6/h3-6,8,11-12H,7H2,1-2H3;(H,3,4)(H,5,6). The molecule has 1 atom stereocenters. The van der Waals surface area contributed by atoms with E-state index in [9.17, 15) is 0 Å². The molecular weight excluding hydrogens is 254 g/mol. The predicted octanol–water partition coefficient (Wildman–Crippen LogP) is 0.761. The number of nitrogens with one attached hydrogen (secondary N) is 1. The van der Waals surface area contributed by atoms with Gasteiger partial charge in [-0.2, -0.15) is 0 Å². The minimum atomic E-state index is -1.82. The van der Waals surface area contributed by atoms with Gasteiger partial charge in [-0.1, -0.05) is 12.1 Å². The summed E-state index contributed by atoms with van der Waals surface area (Å²) in [5, 5.41) is 23.4. The van der Waals surface area contributed by atoms with Gasteiger partial charge in [0.05, 0.1) is 7.11 Å². The number of hydrogen-bond acceptors (Lipinski definition) is 5. The van der Waals surface area contributed by atoms with E-state index in [-0.39, 0.29) is 6.04 Å². The molecule has 0 aliphatic heterocycles. The summed E-state index contributed by atoms with van der Waals surface area (Å²) < 4.78 is 5.04. The highest BCUT2D eigenvalue weighted by molar-refractivity contribution is 6.27. The van der Waals surface area contributed by atoms with Gasteiger partial charge in [0, 0.05) is 6.04 Å². The lowest BCUT2D eigenvalue weighted by Gasteiger charge is -2.08. The molecule has 106 valence electrons. The fourth-order valence-corrected chi connectivity index (χ4v) is 1.16. The van der Waals surface area contributed by atoms with Crippen molar-refractivity contribution in [3.8, 4) is 5.75 Å². The van der Waals surface area contributed by atoms with Crippen LogP contribution in [0, 0.1) is 0 Å². The number of hydrogen-bond donors (Lipinski definition) is 4. The average Bonchev–Trinajstić information content (AvgIpc) is 2.40. The van der Waals surface area contributed by atoms with Gasteiger partial charge >= 0.3 is 11.9 Å². The smallest absolute Gasteiger partial charge is 0.414 e. The molecule has 0 aliphatic rings. The topological polar surface area (TPSA) is 116 Å². The molecule has 0 saturated carbocycles. The molecule has 0 aliphatic carbocycles. The Bertz CT molecular complexity index is 391. The maximum Gasteiger partial charge on any atom is 0.414 e. The molecule has 7 heteroatoms. The number of ether oxygens (including phenoxy) is 1. The molecule has 7 nitrogen and oxygen atoms in total. The normalized spacial score (nSPS) is 10.9. The van der Waals surface area contributed by atoms with E-state index in [1.807, 2.05) is 31.2 Å². The predicted molar refractivity (Wildman–Crippen MR) is 66.4 cm³/mol. The minimum Gasteiger partial charge on any atom is -0.497 e. The summed E-state index contributed by atoms with van der Waals surface area (Å²) in [6.07, 6.45) is 0.806. The van der Waals surface area contributed by atoms with E-state index >= 15 is 0 Å². The molecule has 4 N–H and O–H groups in total. The van der Waals surface area contributed by atoms with Crippen LogP contribution in [-0.2, 0) is 16.0 Å². The van der Waals surface area contributed by atoms with Gasteiger partial charge in [-0.15, -0.1) is 0 Å². The summed E-state index contributed by atoms with van der Waals surface area (Å²) in [5.41, 5.74) is 3.39. The molecule has 0 bridgehead atoms. The summed E-state index contributed by atoms with van der Waals surface area (Å²) in [6, 6.07) is 7.89. The van der Waals surface area contributed by atoms with Crippen molar-refractivity contribution in [1.82, 2.24) is 5.48 Å². The van der Waals surface area contributed by atoms with Gasteiger partial charge in [-0.25, -0.2) is 15.1 Å². The molecule has 1 rings (SSSR count). The van der Waals surface area contributed by atoms with Crippen molar-refractivity contribution in [2.75, 3.05) is 7.11 Å². The maximum atomic E-state index is 9.10. The second kappa shape index (κ2) is 8.90. The van der Waals surface area contributed by atoms with Crippen LogP contribution in [0.25, 0.3) is 0 Å². The summed E-state index contributed by atoms with van der Waals surface area (Å²) in [6.45, 7) is 1.92. The Kier molecular flexibility index (Phi) is 7.90. The van der Waals surface area contributed by atoms with Crippen molar-refractivity contribution in [2.45, 2.75) is 19.4 Å². The van der Waals surface area contributed by atoms with Crippen LogP contribution in [0.2, 0.25) is 0 Å². The molecule has 19 heavy (non-hydrogen) atoms. The molecule has 0 aromatic heterocycles. The Morgan fingerprint density at radius 3 is 2.00 bits per heavy atom. The second-order valence-corrected chi connectivity index (χ2v) is 3.69. The fraction of sp³-hybridized carbons (Fsp3) is 0.333. The molecule has 0 amide bonds. The summed E-state index contributed by atoms with van der Waals surface area (Å²) >= 11 is 0. The number of carbonyl (C=O) groups is 2. The first-order valence-corrected chi connectivity index (χ1v) is 5.39. The number of methoxy groups -OCH3 is 1. The lowest BCUT2D eigenvalue weighted by atomic mass is 10.1. The lowest BCUT2D eigenvalue weighted by molar-refractivity contribution is -0.159. The highest BCUT2D eigenvalue weighted by Gasteiger charge is 2.04. The van der Waals surface area contributed by atoms with Crippen LogP contribution in [0.5, 0.6) is 5.75 Å². The van der Waals surface area contributed by atoms with Crippen LogP contribution < -0.4 is 10.2 Å². The Labute approximate surface area is 110 Å². The van der Waals surface area contributed by atoms with Crippen molar-refractivity contribution < 1.29 is 29.7 Å². The molecule has 1 aromatic rings. The van der Waals surface area contributed by atoms with E-state index in [0.717, 1.165) is 12.2 Å². The average molecular weight is 271 g/mol. The molecule has 0 spiro atoms. The fourth-order valence-electron chi connectivity index (χ4n) is 1.16. The van der Waals surface area contributed by atoms with Crippen LogP contribution >= 0.6 is 0 Å². The quantitative estimate of drug-likeness (QED) is 0.472. The van der Waals surface area contributed by atoms with Crippen LogP contribution in [0.1, 0.15) is 12.5 Å². The Hall–Kier alpha value is -2.12. The lowest BCUT2D eigenvalue weighted by Crippen LogP contribution is -2.24. The Morgan fingerprint density at radius 1 is 1.21 bits per heavy atom. The van der Waals surface area contributed by atoms with Gasteiger partial charge in [-0.05, 0) is 31.0 Å². The summed E-state index contributed by atoms with van der Waals surface area (Å²) in [4.78, 5) is 18.2. The first-order valence-electron chi connectivity index (χ1n) is 5.39. The van der Waals surface area contributed by atoms with E-state index in [1.165, 1.54) is 5.56 Å². The Morgan fingerprint density at radius 2 is 1.68 bits per heavy atom. The number of benzene rings is 1. The third-order valence-corrected chi connectivity index (χ3v) is 2.10. The highest BCUT2D eigenvalue weighted by atomic mass is 16.5. The van der Waals surface area contributed by atoms with Crippen molar-refractivity contribution in [1.29, 1.82) is 0 Å². The molecule has 0 fully saturated rings. The van der Waals surface area contributed by atoms with Gasteiger partial charge in [0.2, 0.25) is 0 Å². The number of rotatable bonds is 4. The first kappa shape index (κ1) is 16.9. The van der Waals surface area contributed by atoms with Gasteiger partial charge in [0.15, 0.2) is 0 Å². The third kappa shape index (κ3) is 7.74. The minimum absolute atomic E-state index is 0.0772. The van der Waals surface area contributed by atoms with E-state index in [0.29, 0.717) is 0 Å². The van der Waals surface area contributed by atoms with Gasteiger partial charge in [0.25, 0.3) is 0 Å². The van der Waals surface area contributed by atoms with Crippen molar-refractivity contribution in [3.63, 3.8) is 0 Å². The second-order valence-electron chi connectivity index (χ2n) is 3.69. The van der Waals surface area contributed by atoms with E-state index in [4.69, 9.17) is 29.7 Å². The monoisotopic (exact) mass is 271 g/mol. The summed E-state index contributed by atoms with van der Waals surface area (Å²) in [5.74, 6) is -2.79. The molecular formula is C12H17NO6. The zero-order chi connectivity index (χ0) is 14.8. The number of carboxylic acid groups (broad SMARTS) is 2. The van der Waals surface area contributed by atoms with E-state index in [2.05, 4.69) is 5.48 Å². The molecule has 1 aromatic carbocycles. The first-order chi connectivity index (χ1) is 8.90. The number of aliphatic carboxylic acids is 2. The SMILES string of the molecule is COc1ccc(CC(C)NO)cc1.O=C(O)C(=O)O. The summed E-state index contributed by atoms with van der Waals surface area (Å²) in [7, 11) is 1.65. The molecule has 0 radical (unpaired) electrons.